The van der Waals surface area contributed by atoms with Gasteiger partial charge < -0.3 is 14.8 Å². The Balaban J connectivity index is 2.74. The van der Waals surface area contributed by atoms with Crippen LogP contribution in [0, 0.1) is 13.8 Å². The van der Waals surface area contributed by atoms with Crippen molar-refractivity contribution < 1.29 is 4.52 Å². The van der Waals surface area contributed by atoms with Gasteiger partial charge in [0.2, 0.25) is 0 Å². The van der Waals surface area contributed by atoms with Gasteiger partial charge in [-0.2, -0.15) is 0 Å². The first-order valence-electron chi connectivity index (χ1n) is 4.56. The summed E-state index contributed by atoms with van der Waals surface area (Å²) < 4.78 is 7.96. The lowest BCUT2D eigenvalue weighted by Gasteiger charge is -2.01. The van der Waals surface area contributed by atoms with Crippen LogP contribution in [-0.2, 0) is 7.05 Å². The number of nitrogen functional groups attached to an aromatic ring is 1. The average Bonchev–Trinajstić information content (AvgIpc) is 2.59. The molecule has 0 aliphatic carbocycles. The molecule has 0 atom stereocenters. The summed E-state index contributed by atoms with van der Waals surface area (Å²) in [5, 5.41) is 3.92. The van der Waals surface area contributed by atoms with Crippen molar-refractivity contribution in [2.24, 2.45) is 7.05 Å². The monoisotopic (exact) mass is 269 g/mol. The second kappa shape index (κ2) is 3.41. The van der Waals surface area contributed by atoms with Gasteiger partial charge in [0.05, 0.1) is 11.3 Å². The number of hydrogen-bond donors (Lipinski definition) is 1. The van der Waals surface area contributed by atoms with Gasteiger partial charge in [-0.25, -0.2) is 0 Å². The molecule has 0 bridgehead atoms. The molecule has 0 radical (unpaired) electrons. The van der Waals surface area contributed by atoms with Crippen molar-refractivity contribution in [1.82, 2.24) is 9.72 Å². The van der Waals surface area contributed by atoms with Crippen molar-refractivity contribution in [1.29, 1.82) is 0 Å². The molecule has 0 spiro atoms. The maximum atomic E-state index is 6.00. The normalized spacial score (nSPS) is 10.9. The summed E-state index contributed by atoms with van der Waals surface area (Å²) in [7, 11) is 1.90. The first-order valence-corrected chi connectivity index (χ1v) is 5.35. The molecule has 0 amide bonds. The van der Waals surface area contributed by atoms with E-state index < -0.39 is 0 Å². The molecule has 0 aliphatic rings. The number of rotatable bonds is 1. The van der Waals surface area contributed by atoms with Gasteiger partial charge in [-0.3, -0.25) is 0 Å². The van der Waals surface area contributed by atoms with Crippen molar-refractivity contribution in [3.63, 3.8) is 0 Å². The molecule has 0 saturated carbocycles. The second-order valence-corrected chi connectivity index (χ2v) is 4.40. The van der Waals surface area contributed by atoms with E-state index in [-0.39, 0.29) is 0 Å². The molecular formula is C10H12BrN3O. The van der Waals surface area contributed by atoms with E-state index in [9.17, 15) is 0 Å². The lowest BCUT2D eigenvalue weighted by atomic mass is 10.1. The minimum Gasteiger partial charge on any atom is -0.385 e. The van der Waals surface area contributed by atoms with Crippen molar-refractivity contribution in [3.05, 3.63) is 22.1 Å². The van der Waals surface area contributed by atoms with Crippen LogP contribution in [-0.4, -0.2) is 9.72 Å². The van der Waals surface area contributed by atoms with Crippen LogP contribution >= 0.6 is 15.9 Å². The molecular weight excluding hydrogens is 258 g/mol. The molecule has 0 saturated heterocycles. The number of aromatic nitrogens is 2. The predicted octanol–water partition coefficient (Wildman–Crippen LogP) is 2.64. The SMILES string of the molecule is Cc1noc(C)c1-c1c(Br)cn(C)c1N. The third-order valence-electron chi connectivity index (χ3n) is 2.47. The van der Waals surface area contributed by atoms with Crippen LogP contribution in [0.4, 0.5) is 5.82 Å². The van der Waals surface area contributed by atoms with Crippen LogP contribution in [0.2, 0.25) is 0 Å². The molecule has 0 aromatic carbocycles. The smallest absolute Gasteiger partial charge is 0.141 e. The van der Waals surface area contributed by atoms with Crippen LogP contribution in [0.5, 0.6) is 0 Å². The second-order valence-electron chi connectivity index (χ2n) is 3.55. The molecule has 0 unspecified atom stereocenters. The molecule has 4 nitrogen and oxygen atoms in total. The standard InChI is InChI=1S/C10H12BrN3O/c1-5-8(6(2)15-13-5)9-7(11)4-14(3)10(9)12/h4H,12H2,1-3H3. The van der Waals surface area contributed by atoms with Gasteiger partial charge in [-0.1, -0.05) is 5.16 Å². The van der Waals surface area contributed by atoms with Gasteiger partial charge in [0.25, 0.3) is 0 Å². The minimum atomic E-state index is 0.705. The zero-order chi connectivity index (χ0) is 11.2. The van der Waals surface area contributed by atoms with Gasteiger partial charge >= 0.3 is 0 Å². The lowest BCUT2D eigenvalue weighted by molar-refractivity contribution is 0.393. The van der Waals surface area contributed by atoms with Gasteiger partial charge in [0.15, 0.2) is 0 Å². The van der Waals surface area contributed by atoms with Crippen LogP contribution in [0.3, 0.4) is 0 Å². The molecule has 2 aromatic heterocycles. The van der Waals surface area contributed by atoms with E-state index in [0.29, 0.717) is 5.82 Å². The molecule has 2 rings (SSSR count). The zero-order valence-electron chi connectivity index (χ0n) is 8.84. The molecule has 0 fully saturated rings. The summed E-state index contributed by atoms with van der Waals surface area (Å²) in [5.41, 5.74) is 8.77. The van der Waals surface area contributed by atoms with Crippen molar-refractivity contribution in [3.8, 4) is 11.1 Å². The first-order chi connectivity index (χ1) is 7.02. The summed E-state index contributed by atoms with van der Waals surface area (Å²) >= 11 is 3.49. The van der Waals surface area contributed by atoms with Gasteiger partial charge in [-0.05, 0) is 29.8 Å². The molecule has 0 aliphatic heterocycles. The molecule has 2 N–H and O–H groups in total. The average molecular weight is 270 g/mol. The van der Waals surface area contributed by atoms with E-state index in [2.05, 4.69) is 21.1 Å². The van der Waals surface area contributed by atoms with Crippen LogP contribution < -0.4 is 5.73 Å². The topological polar surface area (TPSA) is 57.0 Å². The third-order valence-corrected chi connectivity index (χ3v) is 3.07. The Bertz CT molecular complexity index is 493. The van der Waals surface area contributed by atoms with E-state index in [0.717, 1.165) is 27.1 Å². The summed E-state index contributed by atoms with van der Waals surface area (Å²) in [6.45, 7) is 3.79. The fourth-order valence-corrected chi connectivity index (χ4v) is 2.40. The molecule has 2 heterocycles. The van der Waals surface area contributed by atoms with E-state index in [4.69, 9.17) is 10.3 Å². The van der Waals surface area contributed by atoms with Crippen molar-refractivity contribution in [2.75, 3.05) is 5.73 Å². The Morgan fingerprint density at radius 2 is 2.07 bits per heavy atom. The van der Waals surface area contributed by atoms with E-state index in [1.807, 2.05) is 31.7 Å². The third kappa shape index (κ3) is 1.47. The van der Waals surface area contributed by atoms with E-state index >= 15 is 0 Å². The lowest BCUT2D eigenvalue weighted by Crippen LogP contribution is -1.96. The van der Waals surface area contributed by atoms with Crippen LogP contribution in [0.25, 0.3) is 11.1 Å². The summed E-state index contributed by atoms with van der Waals surface area (Å²) in [4.78, 5) is 0. The quantitative estimate of drug-likeness (QED) is 0.866. The molecule has 2 aromatic rings. The van der Waals surface area contributed by atoms with Crippen LogP contribution in [0.15, 0.2) is 15.2 Å². The maximum Gasteiger partial charge on any atom is 0.141 e. The highest BCUT2D eigenvalue weighted by Gasteiger charge is 2.19. The summed E-state index contributed by atoms with van der Waals surface area (Å²) in [6.07, 6.45) is 1.93. The Morgan fingerprint density at radius 3 is 2.47 bits per heavy atom. The minimum absolute atomic E-state index is 0.705. The van der Waals surface area contributed by atoms with E-state index in [1.54, 1.807) is 0 Å². The molecule has 15 heavy (non-hydrogen) atoms. The number of aryl methyl sites for hydroxylation is 3. The maximum absolute atomic E-state index is 6.00. The summed E-state index contributed by atoms with van der Waals surface area (Å²) in [5.74, 6) is 1.49. The zero-order valence-corrected chi connectivity index (χ0v) is 10.4. The van der Waals surface area contributed by atoms with Crippen LogP contribution in [0.1, 0.15) is 11.5 Å². The molecule has 80 valence electrons. The number of nitrogens with two attached hydrogens (primary N) is 1. The van der Waals surface area contributed by atoms with Crippen molar-refractivity contribution in [2.45, 2.75) is 13.8 Å². The Labute approximate surface area is 96.2 Å². The fourth-order valence-electron chi connectivity index (χ4n) is 1.69. The number of anilines is 1. The molecule has 5 heteroatoms. The largest absolute Gasteiger partial charge is 0.385 e. The number of hydrogen-bond acceptors (Lipinski definition) is 3. The number of nitrogens with zero attached hydrogens (tertiary/aromatic N) is 2. The highest BCUT2D eigenvalue weighted by molar-refractivity contribution is 9.10. The van der Waals surface area contributed by atoms with E-state index in [1.165, 1.54) is 0 Å². The number of halogens is 1. The predicted molar refractivity (Wildman–Crippen MR) is 62.5 cm³/mol. The van der Waals surface area contributed by atoms with Gasteiger partial charge in [-0.15, -0.1) is 0 Å². The Morgan fingerprint density at radius 1 is 1.40 bits per heavy atom. The van der Waals surface area contributed by atoms with Gasteiger partial charge in [0, 0.05) is 23.3 Å². The fraction of sp³-hybridized carbons (Fsp3) is 0.300. The van der Waals surface area contributed by atoms with Crippen molar-refractivity contribution >= 4 is 21.7 Å². The summed E-state index contributed by atoms with van der Waals surface area (Å²) in [6, 6.07) is 0. The highest BCUT2D eigenvalue weighted by atomic mass is 79.9. The van der Waals surface area contributed by atoms with Gasteiger partial charge in [0.1, 0.15) is 11.6 Å². The Kier molecular flexibility index (Phi) is 2.34. The highest BCUT2D eigenvalue weighted by Crippen LogP contribution is 2.38. The Hall–Kier alpha value is -1.23. The first kappa shape index (κ1) is 10.3.